The van der Waals surface area contributed by atoms with E-state index in [-0.39, 0.29) is 24.8 Å². The van der Waals surface area contributed by atoms with Gasteiger partial charge in [-0.15, -0.1) is 24.8 Å². The highest BCUT2D eigenvalue weighted by Crippen LogP contribution is 2.11. The second kappa shape index (κ2) is 11.1. The maximum Gasteiger partial charge on any atom is 0.240 e. The molecule has 2 rings (SSSR count). The van der Waals surface area contributed by atoms with Gasteiger partial charge < -0.3 is 9.80 Å². The van der Waals surface area contributed by atoms with Crippen molar-refractivity contribution in [2.45, 2.75) is 11.3 Å². The number of benzene rings is 1. The number of halogens is 3. The molecule has 1 saturated heterocycles. The fraction of sp³-hybridized carbons (Fsp3) is 0.571. The summed E-state index contributed by atoms with van der Waals surface area (Å²) in [5.41, 5.74) is 0. The normalized spacial score (nSPS) is 16.4. The Balaban J connectivity index is 0.00000242. The van der Waals surface area contributed by atoms with E-state index in [0.29, 0.717) is 11.4 Å². The van der Waals surface area contributed by atoms with Crippen molar-refractivity contribution >= 4 is 57.4 Å². The van der Waals surface area contributed by atoms with Crippen LogP contribution in [0, 0.1) is 3.57 Å². The van der Waals surface area contributed by atoms with Crippen molar-refractivity contribution in [1.29, 1.82) is 0 Å². The van der Waals surface area contributed by atoms with Gasteiger partial charge in [-0.1, -0.05) is 0 Å². The summed E-state index contributed by atoms with van der Waals surface area (Å²) in [6, 6.07) is 6.90. The van der Waals surface area contributed by atoms with E-state index in [9.17, 15) is 8.42 Å². The van der Waals surface area contributed by atoms with Crippen molar-refractivity contribution in [3.8, 4) is 0 Å². The third kappa shape index (κ3) is 7.85. The summed E-state index contributed by atoms with van der Waals surface area (Å²) >= 11 is 2.16. The largest absolute Gasteiger partial charge is 0.304 e. The summed E-state index contributed by atoms with van der Waals surface area (Å²) in [6.07, 6.45) is 0.841. The minimum atomic E-state index is -3.37. The van der Waals surface area contributed by atoms with Crippen LogP contribution in [0.5, 0.6) is 0 Å². The van der Waals surface area contributed by atoms with E-state index in [1.165, 1.54) is 0 Å². The van der Waals surface area contributed by atoms with Gasteiger partial charge in [0.15, 0.2) is 0 Å². The summed E-state index contributed by atoms with van der Waals surface area (Å²) in [5.74, 6) is 0. The minimum Gasteiger partial charge on any atom is -0.304 e. The highest BCUT2D eigenvalue weighted by atomic mass is 127. The van der Waals surface area contributed by atoms with Crippen LogP contribution in [-0.4, -0.2) is 64.5 Å². The molecule has 5 nitrogen and oxygen atoms in total. The molecule has 1 heterocycles. The Bertz CT molecular complexity index is 550. The second-order valence-electron chi connectivity index (χ2n) is 5.35. The zero-order valence-corrected chi connectivity index (χ0v) is 17.7. The second-order valence-corrected chi connectivity index (χ2v) is 8.36. The summed E-state index contributed by atoms with van der Waals surface area (Å²) in [4.78, 5) is 5.04. The van der Waals surface area contributed by atoms with Crippen LogP contribution in [0.1, 0.15) is 6.42 Å². The molecule has 0 spiro atoms. The van der Waals surface area contributed by atoms with E-state index < -0.39 is 10.0 Å². The maximum atomic E-state index is 12.1. The predicted molar refractivity (Wildman–Crippen MR) is 107 cm³/mol. The van der Waals surface area contributed by atoms with Gasteiger partial charge in [-0.05, 0) is 66.9 Å². The molecule has 0 amide bonds. The monoisotopic (exact) mass is 495 g/mol. The molecule has 0 bridgehead atoms. The number of hydrogen-bond acceptors (Lipinski definition) is 4. The lowest BCUT2D eigenvalue weighted by atomic mass is 10.3. The molecule has 0 unspecified atom stereocenters. The number of piperazine rings is 1. The molecule has 0 atom stereocenters. The van der Waals surface area contributed by atoms with Crippen molar-refractivity contribution in [3.05, 3.63) is 27.8 Å². The SMILES string of the molecule is CN1CCN(CCCNS(=O)(=O)c2ccc(I)cc2)CC1.Cl.Cl. The van der Waals surface area contributed by atoms with Gasteiger partial charge in [-0.2, -0.15) is 0 Å². The summed E-state index contributed by atoms with van der Waals surface area (Å²) < 4.78 is 27.9. The number of hydrogen-bond donors (Lipinski definition) is 1. The predicted octanol–water partition coefficient (Wildman–Crippen LogP) is 2.05. The van der Waals surface area contributed by atoms with E-state index in [1.807, 2.05) is 0 Å². The van der Waals surface area contributed by atoms with Gasteiger partial charge in [0, 0.05) is 36.3 Å². The molecule has 23 heavy (non-hydrogen) atoms. The van der Waals surface area contributed by atoms with Crippen LogP contribution in [0.2, 0.25) is 0 Å². The first-order chi connectivity index (χ1) is 9.97. The summed E-state index contributed by atoms with van der Waals surface area (Å²) in [6.45, 7) is 5.76. The quantitative estimate of drug-likeness (QED) is 0.484. The highest BCUT2D eigenvalue weighted by Gasteiger charge is 2.15. The van der Waals surface area contributed by atoms with Crippen LogP contribution in [-0.2, 0) is 10.0 Å². The molecular weight excluding hydrogens is 472 g/mol. The third-order valence-corrected chi connectivity index (χ3v) is 5.86. The van der Waals surface area contributed by atoms with E-state index in [1.54, 1.807) is 24.3 Å². The molecule has 0 aliphatic carbocycles. The molecule has 1 N–H and O–H groups in total. The van der Waals surface area contributed by atoms with Gasteiger partial charge in [0.2, 0.25) is 10.0 Å². The zero-order chi connectivity index (χ0) is 15.3. The first-order valence-electron chi connectivity index (χ1n) is 7.13. The Morgan fingerprint density at radius 1 is 1.09 bits per heavy atom. The number of nitrogens with zero attached hydrogens (tertiary/aromatic N) is 2. The fourth-order valence-electron chi connectivity index (χ4n) is 2.28. The average Bonchev–Trinajstić information content (AvgIpc) is 2.46. The van der Waals surface area contributed by atoms with E-state index in [2.05, 4.69) is 44.2 Å². The fourth-order valence-corrected chi connectivity index (χ4v) is 3.71. The first-order valence-corrected chi connectivity index (χ1v) is 9.70. The van der Waals surface area contributed by atoms with Crippen molar-refractivity contribution in [2.24, 2.45) is 0 Å². The molecule has 1 aliphatic heterocycles. The molecular formula is C14H24Cl2IN3O2S. The maximum absolute atomic E-state index is 12.1. The van der Waals surface area contributed by atoms with E-state index >= 15 is 0 Å². The average molecular weight is 496 g/mol. The van der Waals surface area contributed by atoms with Crippen LogP contribution in [0.3, 0.4) is 0 Å². The molecule has 1 fully saturated rings. The van der Waals surface area contributed by atoms with Crippen LogP contribution in [0.25, 0.3) is 0 Å². The Kier molecular flexibility index (Phi) is 11.2. The number of sulfonamides is 1. The minimum absolute atomic E-state index is 0. The van der Waals surface area contributed by atoms with Gasteiger partial charge in [0.25, 0.3) is 0 Å². The van der Waals surface area contributed by atoms with Crippen molar-refractivity contribution in [3.63, 3.8) is 0 Å². The molecule has 0 radical (unpaired) electrons. The van der Waals surface area contributed by atoms with Gasteiger partial charge in [0.05, 0.1) is 4.90 Å². The Labute approximate surface area is 165 Å². The number of rotatable bonds is 6. The number of likely N-dealkylation sites (N-methyl/N-ethyl adjacent to an activating group) is 1. The topological polar surface area (TPSA) is 52.6 Å². The standard InChI is InChI=1S/C14H22IN3O2S.2ClH/c1-17-9-11-18(12-10-17)8-2-7-16-21(19,20)14-5-3-13(15)4-6-14;;/h3-6,16H,2,7-12H2,1H3;2*1H. The number of nitrogens with one attached hydrogen (secondary N) is 1. The molecule has 1 aliphatic rings. The highest BCUT2D eigenvalue weighted by molar-refractivity contribution is 14.1. The molecule has 1 aromatic carbocycles. The zero-order valence-electron chi connectivity index (χ0n) is 13.1. The Hall–Kier alpha value is 0.360. The molecule has 0 aromatic heterocycles. The smallest absolute Gasteiger partial charge is 0.240 e. The van der Waals surface area contributed by atoms with Gasteiger partial charge in [-0.3, -0.25) is 0 Å². The molecule has 9 heteroatoms. The van der Waals surface area contributed by atoms with Crippen molar-refractivity contribution < 1.29 is 8.42 Å². The Morgan fingerprint density at radius 2 is 1.65 bits per heavy atom. The Morgan fingerprint density at radius 3 is 2.22 bits per heavy atom. The first kappa shape index (κ1) is 23.4. The molecule has 1 aromatic rings. The van der Waals surface area contributed by atoms with Gasteiger partial charge >= 0.3 is 0 Å². The molecule has 134 valence electrons. The van der Waals surface area contributed by atoms with Gasteiger partial charge in [0.1, 0.15) is 0 Å². The summed E-state index contributed by atoms with van der Waals surface area (Å²) in [5, 5.41) is 0. The lowest BCUT2D eigenvalue weighted by Gasteiger charge is -2.32. The lowest BCUT2D eigenvalue weighted by molar-refractivity contribution is 0.153. The van der Waals surface area contributed by atoms with Crippen molar-refractivity contribution in [2.75, 3.05) is 46.3 Å². The van der Waals surface area contributed by atoms with Crippen LogP contribution < -0.4 is 4.72 Å². The lowest BCUT2D eigenvalue weighted by Crippen LogP contribution is -2.45. The van der Waals surface area contributed by atoms with E-state index in [4.69, 9.17) is 0 Å². The summed E-state index contributed by atoms with van der Waals surface area (Å²) in [7, 11) is -1.24. The van der Waals surface area contributed by atoms with Gasteiger partial charge in [-0.25, -0.2) is 13.1 Å². The van der Waals surface area contributed by atoms with Crippen LogP contribution in [0.4, 0.5) is 0 Å². The van der Waals surface area contributed by atoms with Crippen LogP contribution >= 0.6 is 47.4 Å². The van der Waals surface area contributed by atoms with Crippen LogP contribution in [0.15, 0.2) is 29.2 Å². The third-order valence-electron chi connectivity index (χ3n) is 3.66. The van der Waals surface area contributed by atoms with Crippen molar-refractivity contribution in [1.82, 2.24) is 14.5 Å². The van der Waals surface area contributed by atoms with E-state index in [0.717, 1.165) is 42.7 Å². The molecule has 0 saturated carbocycles.